The molecule has 0 bridgehead atoms. The SMILES string of the molecule is Cc1nc(C2CCN(C(=O)[C@@H](C)O)CC2)cc(N2CCOCC2)n1. The Hall–Kier alpha value is -1.73. The first-order chi connectivity index (χ1) is 11.5. The predicted octanol–water partition coefficient (Wildman–Crippen LogP) is 0.708. The third-order valence-corrected chi connectivity index (χ3v) is 4.76. The first-order valence-corrected chi connectivity index (χ1v) is 8.69. The van der Waals surface area contributed by atoms with Gasteiger partial charge in [-0.25, -0.2) is 9.97 Å². The second-order valence-electron chi connectivity index (χ2n) is 6.57. The van der Waals surface area contributed by atoms with Crippen molar-refractivity contribution in [1.29, 1.82) is 0 Å². The molecular formula is C17H26N4O3. The highest BCUT2D eigenvalue weighted by Crippen LogP contribution is 2.29. The van der Waals surface area contributed by atoms with Crippen LogP contribution in [0.25, 0.3) is 0 Å². The molecule has 3 rings (SSSR count). The van der Waals surface area contributed by atoms with Gasteiger partial charge < -0.3 is 19.6 Å². The van der Waals surface area contributed by atoms with Gasteiger partial charge in [-0.2, -0.15) is 0 Å². The summed E-state index contributed by atoms with van der Waals surface area (Å²) in [6, 6.07) is 2.09. The number of aryl methyl sites for hydroxylation is 1. The number of carbonyl (C=O) groups is 1. The number of anilines is 1. The van der Waals surface area contributed by atoms with Crippen molar-refractivity contribution in [2.24, 2.45) is 0 Å². The Morgan fingerprint density at radius 3 is 2.54 bits per heavy atom. The number of carbonyl (C=O) groups excluding carboxylic acids is 1. The number of rotatable bonds is 3. The quantitative estimate of drug-likeness (QED) is 0.877. The number of likely N-dealkylation sites (tertiary alicyclic amines) is 1. The Morgan fingerprint density at radius 1 is 1.25 bits per heavy atom. The van der Waals surface area contributed by atoms with E-state index < -0.39 is 6.10 Å². The number of ether oxygens (including phenoxy) is 1. The fourth-order valence-corrected chi connectivity index (χ4v) is 3.40. The summed E-state index contributed by atoms with van der Waals surface area (Å²) in [6.07, 6.45) is 0.824. The van der Waals surface area contributed by atoms with Crippen LogP contribution in [0.3, 0.4) is 0 Å². The lowest BCUT2D eigenvalue weighted by Crippen LogP contribution is -2.42. The smallest absolute Gasteiger partial charge is 0.251 e. The monoisotopic (exact) mass is 334 g/mol. The molecule has 132 valence electrons. The zero-order valence-corrected chi connectivity index (χ0v) is 14.4. The molecule has 1 aromatic rings. The topological polar surface area (TPSA) is 78.8 Å². The summed E-state index contributed by atoms with van der Waals surface area (Å²) < 4.78 is 5.41. The fraction of sp³-hybridized carbons (Fsp3) is 0.706. The summed E-state index contributed by atoms with van der Waals surface area (Å²) in [5.74, 6) is 1.92. The minimum absolute atomic E-state index is 0.179. The van der Waals surface area contributed by atoms with E-state index in [0.29, 0.717) is 19.0 Å². The minimum Gasteiger partial charge on any atom is -0.384 e. The molecule has 0 spiro atoms. The van der Waals surface area contributed by atoms with Gasteiger partial charge in [-0.3, -0.25) is 4.79 Å². The van der Waals surface area contributed by atoms with Gasteiger partial charge in [0.25, 0.3) is 5.91 Å². The number of aliphatic hydroxyl groups is 1. The van der Waals surface area contributed by atoms with Crippen molar-refractivity contribution in [3.05, 3.63) is 17.6 Å². The number of aliphatic hydroxyl groups excluding tert-OH is 1. The first-order valence-electron chi connectivity index (χ1n) is 8.69. The molecule has 1 N–H and O–H groups in total. The zero-order valence-electron chi connectivity index (χ0n) is 14.4. The Balaban J connectivity index is 1.69. The molecule has 0 radical (unpaired) electrons. The summed E-state index contributed by atoms with van der Waals surface area (Å²) in [7, 11) is 0. The van der Waals surface area contributed by atoms with Crippen LogP contribution in [0.2, 0.25) is 0 Å². The first kappa shape index (κ1) is 17.1. The number of nitrogens with zero attached hydrogens (tertiary/aromatic N) is 4. The molecule has 2 aliphatic rings. The van der Waals surface area contributed by atoms with Gasteiger partial charge >= 0.3 is 0 Å². The Kier molecular flexibility index (Phi) is 5.30. The highest BCUT2D eigenvalue weighted by molar-refractivity contribution is 5.80. The lowest BCUT2D eigenvalue weighted by atomic mass is 9.93. The Morgan fingerprint density at radius 2 is 1.92 bits per heavy atom. The second kappa shape index (κ2) is 7.44. The molecule has 2 saturated heterocycles. The van der Waals surface area contributed by atoms with Gasteiger partial charge in [0.2, 0.25) is 0 Å². The molecule has 1 amide bonds. The molecule has 0 unspecified atom stereocenters. The van der Waals surface area contributed by atoms with Crippen LogP contribution >= 0.6 is 0 Å². The van der Waals surface area contributed by atoms with Crippen molar-refractivity contribution in [3.63, 3.8) is 0 Å². The van der Waals surface area contributed by atoms with Crippen molar-refractivity contribution in [1.82, 2.24) is 14.9 Å². The fourth-order valence-electron chi connectivity index (χ4n) is 3.40. The van der Waals surface area contributed by atoms with Gasteiger partial charge in [0, 0.05) is 43.9 Å². The van der Waals surface area contributed by atoms with Gasteiger partial charge in [0.05, 0.1) is 13.2 Å². The number of piperidine rings is 1. The summed E-state index contributed by atoms with van der Waals surface area (Å²) in [4.78, 5) is 25.1. The van der Waals surface area contributed by atoms with Crippen LogP contribution in [0.15, 0.2) is 6.07 Å². The van der Waals surface area contributed by atoms with E-state index in [-0.39, 0.29) is 5.91 Å². The van der Waals surface area contributed by atoms with Crippen LogP contribution < -0.4 is 4.90 Å². The van der Waals surface area contributed by atoms with E-state index >= 15 is 0 Å². The molecule has 3 heterocycles. The molecule has 7 heteroatoms. The number of aromatic nitrogens is 2. The summed E-state index contributed by atoms with van der Waals surface area (Å²) in [6.45, 7) is 7.98. The van der Waals surface area contributed by atoms with E-state index in [9.17, 15) is 9.90 Å². The number of morpholine rings is 1. The van der Waals surface area contributed by atoms with Crippen molar-refractivity contribution >= 4 is 11.7 Å². The molecule has 7 nitrogen and oxygen atoms in total. The highest BCUT2D eigenvalue weighted by Gasteiger charge is 2.27. The van der Waals surface area contributed by atoms with Crippen molar-refractivity contribution in [3.8, 4) is 0 Å². The molecule has 0 aliphatic carbocycles. The third-order valence-electron chi connectivity index (χ3n) is 4.76. The Labute approximate surface area is 142 Å². The molecule has 0 aromatic carbocycles. The third kappa shape index (κ3) is 3.84. The zero-order chi connectivity index (χ0) is 17.1. The van der Waals surface area contributed by atoms with Crippen LogP contribution in [0, 0.1) is 6.92 Å². The van der Waals surface area contributed by atoms with E-state index in [2.05, 4.69) is 20.9 Å². The summed E-state index contributed by atoms with van der Waals surface area (Å²) in [5.41, 5.74) is 1.06. The normalized spacial score (nSPS) is 21.0. The second-order valence-corrected chi connectivity index (χ2v) is 6.57. The standard InChI is InChI=1S/C17H26N4O3/c1-12(22)17(23)21-5-3-14(4-6-21)15-11-16(19-13(2)18-15)20-7-9-24-10-8-20/h11-12,14,22H,3-10H2,1-2H3/t12-/m1/s1. The van der Waals surface area contributed by atoms with E-state index in [1.807, 2.05) is 6.92 Å². The molecule has 0 saturated carbocycles. The van der Waals surface area contributed by atoms with Crippen molar-refractivity contribution < 1.29 is 14.6 Å². The molecule has 24 heavy (non-hydrogen) atoms. The van der Waals surface area contributed by atoms with Gasteiger partial charge in [-0.05, 0) is 26.7 Å². The van der Waals surface area contributed by atoms with Gasteiger partial charge in [-0.1, -0.05) is 0 Å². The number of amides is 1. The van der Waals surface area contributed by atoms with Crippen LogP contribution in [-0.2, 0) is 9.53 Å². The van der Waals surface area contributed by atoms with E-state index in [0.717, 1.165) is 56.5 Å². The molecule has 2 fully saturated rings. The number of hydrogen-bond acceptors (Lipinski definition) is 6. The average molecular weight is 334 g/mol. The summed E-state index contributed by atoms with van der Waals surface area (Å²) >= 11 is 0. The average Bonchev–Trinajstić information content (AvgIpc) is 2.61. The predicted molar refractivity (Wildman–Crippen MR) is 90.0 cm³/mol. The van der Waals surface area contributed by atoms with Crippen LogP contribution in [0.5, 0.6) is 0 Å². The lowest BCUT2D eigenvalue weighted by molar-refractivity contribution is -0.140. The molecule has 1 atom stereocenters. The number of hydrogen-bond donors (Lipinski definition) is 1. The maximum Gasteiger partial charge on any atom is 0.251 e. The van der Waals surface area contributed by atoms with Crippen LogP contribution in [-0.4, -0.2) is 71.4 Å². The lowest BCUT2D eigenvalue weighted by Gasteiger charge is -2.33. The van der Waals surface area contributed by atoms with E-state index in [4.69, 9.17) is 4.74 Å². The van der Waals surface area contributed by atoms with Gasteiger partial charge in [0.1, 0.15) is 17.7 Å². The maximum absolute atomic E-state index is 11.9. The van der Waals surface area contributed by atoms with Gasteiger partial charge in [0.15, 0.2) is 0 Å². The summed E-state index contributed by atoms with van der Waals surface area (Å²) in [5, 5.41) is 9.45. The van der Waals surface area contributed by atoms with E-state index in [1.54, 1.807) is 4.90 Å². The molecular weight excluding hydrogens is 308 g/mol. The molecule has 1 aromatic heterocycles. The van der Waals surface area contributed by atoms with Crippen LogP contribution in [0.4, 0.5) is 5.82 Å². The van der Waals surface area contributed by atoms with Crippen LogP contribution in [0.1, 0.15) is 37.2 Å². The largest absolute Gasteiger partial charge is 0.384 e. The van der Waals surface area contributed by atoms with E-state index in [1.165, 1.54) is 6.92 Å². The Bertz CT molecular complexity index is 579. The van der Waals surface area contributed by atoms with Crippen molar-refractivity contribution in [2.75, 3.05) is 44.3 Å². The van der Waals surface area contributed by atoms with Gasteiger partial charge in [-0.15, -0.1) is 0 Å². The minimum atomic E-state index is -0.921. The molecule has 2 aliphatic heterocycles. The maximum atomic E-state index is 11.9. The highest BCUT2D eigenvalue weighted by atomic mass is 16.5. The van der Waals surface area contributed by atoms with Crippen molar-refractivity contribution in [2.45, 2.75) is 38.7 Å².